The highest BCUT2D eigenvalue weighted by Crippen LogP contribution is 2.42. The minimum Gasteiger partial charge on any atom is -0.300 e. The van der Waals surface area contributed by atoms with Crippen LogP contribution in [0.4, 0.5) is 0 Å². The minimum atomic E-state index is 0.324. The second-order valence-electron chi connectivity index (χ2n) is 7.18. The molecule has 0 bridgehead atoms. The highest BCUT2D eigenvalue weighted by atomic mass is 35.5. The lowest BCUT2D eigenvalue weighted by atomic mass is 9.84. The molecule has 2 aromatic heterocycles. The van der Waals surface area contributed by atoms with Gasteiger partial charge in [0.05, 0.1) is 9.85 Å². The van der Waals surface area contributed by atoms with Crippen molar-refractivity contribution in [3.63, 3.8) is 0 Å². The summed E-state index contributed by atoms with van der Waals surface area (Å²) in [7, 11) is 2.18. The fourth-order valence-corrected chi connectivity index (χ4v) is 5.52. The summed E-state index contributed by atoms with van der Waals surface area (Å²) >= 11 is 8.07. The smallest absolute Gasteiger partial charge is 0.0934 e. The Morgan fingerprint density at radius 1 is 1.04 bits per heavy atom. The van der Waals surface area contributed by atoms with Crippen molar-refractivity contribution in [1.29, 1.82) is 0 Å². The summed E-state index contributed by atoms with van der Waals surface area (Å²) in [6, 6.07) is 21.4. The number of para-hydroxylation sites is 1. The third kappa shape index (κ3) is 3.06. The first kappa shape index (κ1) is 16.9. The summed E-state index contributed by atoms with van der Waals surface area (Å²) in [5.41, 5.74) is 6.17. The maximum absolute atomic E-state index is 6.36. The van der Waals surface area contributed by atoms with E-state index in [0.717, 1.165) is 22.9 Å². The normalized spacial score (nSPS) is 17.2. The molecule has 134 valence electrons. The fraction of sp³-hybridized carbons (Fsp3) is 0.174. The van der Waals surface area contributed by atoms with Gasteiger partial charge in [0.1, 0.15) is 0 Å². The number of pyridine rings is 1. The molecule has 0 spiro atoms. The second kappa shape index (κ2) is 6.75. The molecule has 1 unspecified atom stereocenters. The average Bonchev–Trinajstić information content (AvgIpc) is 3.07. The van der Waals surface area contributed by atoms with E-state index in [1.807, 2.05) is 12.3 Å². The number of rotatable bonds is 2. The Balaban J connectivity index is 1.66. The molecule has 27 heavy (non-hydrogen) atoms. The number of likely N-dealkylation sites (N-methyl/N-ethyl adjacent to an activating group) is 1. The molecule has 3 heterocycles. The largest absolute Gasteiger partial charge is 0.300 e. The fourth-order valence-electron chi connectivity index (χ4n) is 4.10. The maximum Gasteiger partial charge on any atom is 0.0934 e. The Bertz CT molecular complexity index is 1130. The molecule has 4 aromatic rings. The van der Waals surface area contributed by atoms with Gasteiger partial charge in [-0.05, 0) is 41.9 Å². The molecule has 0 aliphatic carbocycles. The molecule has 1 aliphatic heterocycles. The van der Waals surface area contributed by atoms with Crippen LogP contribution in [0.1, 0.15) is 21.9 Å². The van der Waals surface area contributed by atoms with Crippen LogP contribution in [0.25, 0.3) is 22.0 Å². The van der Waals surface area contributed by atoms with Gasteiger partial charge in [0, 0.05) is 41.0 Å². The van der Waals surface area contributed by atoms with E-state index in [2.05, 4.69) is 71.5 Å². The highest BCUT2D eigenvalue weighted by Gasteiger charge is 2.28. The lowest BCUT2D eigenvalue weighted by Crippen LogP contribution is -2.30. The van der Waals surface area contributed by atoms with Gasteiger partial charge >= 0.3 is 0 Å². The molecule has 0 fully saturated rings. The number of hydrogen-bond acceptors (Lipinski definition) is 3. The zero-order valence-corrected chi connectivity index (χ0v) is 16.6. The quantitative estimate of drug-likeness (QED) is 0.405. The zero-order chi connectivity index (χ0) is 18.4. The molecule has 0 amide bonds. The van der Waals surface area contributed by atoms with Crippen LogP contribution in [0.15, 0.2) is 66.9 Å². The van der Waals surface area contributed by atoms with Gasteiger partial charge < -0.3 is 4.90 Å². The molecule has 4 heteroatoms. The van der Waals surface area contributed by atoms with Gasteiger partial charge in [-0.15, -0.1) is 11.3 Å². The molecular weight excluding hydrogens is 372 g/mol. The Kier molecular flexibility index (Phi) is 4.24. The first-order chi connectivity index (χ1) is 13.2. The van der Waals surface area contributed by atoms with Crippen LogP contribution in [0.2, 0.25) is 4.34 Å². The van der Waals surface area contributed by atoms with Crippen molar-refractivity contribution < 1.29 is 0 Å². The monoisotopic (exact) mass is 390 g/mol. The van der Waals surface area contributed by atoms with Crippen molar-refractivity contribution in [2.24, 2.45) is 0 Å². The van der Waals surface area contributed by atoms with Gasteiger partial charge in [-0.2, -0.15) is 0 Å². The van der Waals surface area contributed by atoms with E-state index in [1.54, 1.807) is 11.3 Å². The third-order valence-electron chi connectivity index (χ3n) is 5.33. The lowest BCUT2D eigenvalue weighted by Gasteiger charge is -2.31. The molecule has 0 saturated carbocycles. The number of hydrogen-bond donors (Lipinski definition) is 0. The summed E-state index contributed by atoms with van der Waals surface area (Å²) in [5.74, 6) is 0.324. The van der Waals surface area contributed by atoms with E-state index in [9.17, 15) is 0 Å². The lowest BCUT2D eigenvalue weighted by molar-refractivity contribution is 0.299. The van der Waals surface area contributed by atoms with Gasteiger partial charge in [0.2, 0.25) is 0 Å². The number of halogens is 1. The van der Waals surface area contributed by atoms with Gasteiger partial charge in [-0.25, -0.2) is 0 Å². The number of aromatic nitrogens is 1. The predicted octanol–water partition coefficient (Wildman–Crippen LogP) is 6.19. The SMILES string of the molecule is CN1Cc2sc(Cl)cc2C(c2ccccc2-c2cnc3ccccc3c2)C1. The number of thiophene rings is 1. The van der Waals surface area contributed by atoms with Crippen molar-refractivity contribution in [2.75, 3.05) is 13.6 Å². The molecule has 1 atom stereocenters. The second-order valence-corrected chi connectivity index (χ2v) is 8.95. The topological polar surface area (TPSA) is 16.1 Å². The molecule has 2 aromatic carbocycles. The Morgan fingerprint density at radius 2 is 1.85 bits per heavy atom. The number of fused-ring (bicyclic) bond motifs is 2. The molecule has 5 rings (SSSR count). The van der Waals surface area contributed by atoms with E-state index in [4.69, 9.17) is 11.6 Å². The van der Waals surface area contributed by atoms with Crippen molar-refractivity contribution in [3.05, 3.63) is 87.2 Å². The summed E-state index contributed by atoms with van der Waals surface area (Å²) in [5, 5.41) is 1.17. The van der Waals surface area contributed by atoms with E-state index in [-0.39, 0.29) is 0 Å². The summed E-state index contributed by atoms with van der Waals surface area (Å²) in [6.45, 7) is 1.97. The van der Waals surface area contributed by atoms with Gasteiger partial charge in [0.25, 0.3) is 0 Å². The van der Waals surface area contributed by atoms with Crippen LogP contribution in [0, 0.1) is 0 Å². The zero-order valence-electron chi connectivity index (χ0n) is 15.0. The number of nitrogens with zero attached hydrogens (tertiary/aromatic N) is 2. The predicted molar refractivity (Wildman–Crippen MR) is 115 cm³/mol. The van der Waals surface area contributed by atoms with Gasteiger partial charge in [-0.1, -0.05) is 54.1 Å². The van der Waals surface area contributed by atoms with Crippen LogP contribution in [-0.4, -0.2) is 23.5 Å². The Morgan fingerprint density at radius 3 is 2.78 bits per heavy atom. The van der Waals surface area contributed by atoms with Crippen molar-refractivity contribution >= 4 is 33.8 Å². The minimum absolute atomic E-state index is 0.324. The van der Waals surface area contributed by atoms with E-state index >= 15 is 0 Å². The average molecular weight is 391 g/mol. The molecule has 2 nitrogen and oxygen atoms in total. The summed E-state index contributed by atoms with van der Waals surface area (Å²) < 4.78 is 0.880. The molecule has 0 saturated heterocycles. The third-order valence-corrected chi connectivity index (χ3v) is 6.60. The van der Waals surface area contributed by atoms with Crippen molar-refractivity contribution in [2.45, 2.75) is 12.5 Å². The highest BCUT2D eigenvalue weighted by molar-refractivity contribution is 7.16. The molecule has 0 radical (unpaired) electrons. The van der Waals surface area contributed by atoms with Crippen LogP contribution in [-0.2, 0) is 6.54 Å². The van der Waals surface area contributed by atoms with Crippen LogP contribution in [0.3, 0.4) is 0 Å². The molecule has 1 aliphatic rings. The number of benzene rings is 2. The Labute approximate surface area is 168 Å². The van der Waals surface area contributed by atoms with Crippen molar-refractivity contribution in [3.8, 4) is 11.1 Å². The molecule has 0 N–H and O–H groups in total. The van der Waals surface area contributed by atoms with E-state index in [1.165, 1.54) is 32.5 Å². The summed E-state index contributed by atoms with van der Waals surface area (Å²) in [6.07, 6.45) is 2.00. The van der Waals surface area contributed by atoms with E-state index in [0.29, 0.717) is 5.92 Å². The first-order valence-electron chi connectivity index (χ1n) is 9.10. The van der Waals surface area contributed by atoms with Crippen LogP contribution >= 0.6 is 22.9 Å². The van der Waals surface area contributed by atoms with Crippen LogP contribution in [0.5, 0.6) is 0 Å². The Hall–Kier alpha value is -2.20. The summed E-state index contributed by atoms with van der Waals surface area (Å²) in [4.78, 5) is 8.44. The standard InChI is InChI=1S/C23H19ClN2S/c1-26-13-20(19-11-23(24)27-22(19)14-26)18-8-4-3-7-17(18)16-10-15-6-2-5-9-21(15)25-12-16/h2-12,20H,13-14H2,1H3. The van der Waals surface area contributed by atoms with Crippen molar-refractivity contribution in [1.82, 2.24) is 9.88 Å². The maximum atomic E-state index is 6.36. The van der Waals surface area contributed by atoms with Gasteiger partial charge in [-0.3, -0.25) is 4.98 Å². The van der Waals surface area contributed by atoms with Gasteiger partial charge in [0.15, 0.2) is 0 Å². The first-order valence-corrected chi connectivity index (χ1v) is 10.3. The van der Waals surface area contributed by atoms with E-state index < -0.39 is 0 Å². The molecular formula is C23H19ClN2S. The van der Waals surface area contributed by atoms with Crippen LogP contribution < -0.4 is 0 Å².